The molecular weight excluding hydrogens is 278 g/mol. The summed E-state index contributed by atoms with van der Waals surface area (Å²) in [7, 11) is 0. The zero-order chi connectivity index (χ0) is 12.6. The zero-order valence-corrected chi connectivity index (χ0v) is 9.55. The van der Waals surface area contributed by atoms with Gasteiger partial charge in [0.05, 0.1) is 16.2 Å². The highest BCUT2D eigenvalue weighted by Crippen LogP contribution is 2.31. The number of hydrogen-bond acceptors (Lipinski definition) is 2. The van der Waals surface area contributed by atoms with E-state index in [-0.39, 0.29) is 15.7 Å². The van der Waals surface area contributed by atoms with Gasteiger partial charge in [0.2, 0.25) is 0 Å². The molecule has 0 fully saturated rings. The van der Waals surface area contributed by atoms with E-state index >= 15 is 0 Å². The van der Waals surface area contributed by atoms with Crippen LogP contribution in [0.2, 0.25) is 10.0 Å². The molecule has 0 unspecified atom stereocenters. The number of nitrogens with zero attached hydrogens (tertiary/aromatic N) is 3. The largest absolute Gasteiger partial charge is 0.436 e. The average Bonchev–Trinajstić information content (AvgIpc) is 2.65. The molecule has 0 N–H and O–H groups in total. The average molecular weight is 282 g/mol. The zero-order valence-electron chi connectivity index (χ0n) is 8.04. The lowest BCUT2D eigenvalue weighted by Gasteiger charge is -2.05. The monoisotopic (exact) mass is 281 g/mol. The Labute approximate surface area is 104 Å². The number of para-hydroxylation sites is 1. The summed E-state index contributed by atoms with van der Waals surface area (Å²) in [5.74, 6) is 0. The van der Waals surface area contributed by atoms with Crippen LogP contribution in [0.1, 0.15) is 5.69 Å². The van der Waals surface area contributed by atoms with Gasteiger partial charge in [-0.1, -0.05) is 34.5 Å². The fourth-order valence-corrected chi connectivity index (χ4v) is 1.78. The summed E-state index contributed by atoms with van der Waals surface area (Å²) in [5.41, 5.74) is -0.938. The summed E-state index contributed by atoms with van der Waals surface area (Å²) >= 11 is 11.7. The number of rotatable bonds is 1. The van der Waals surface area contributed by atoms with Crippen LogP contribution in [0.25, 0.3) is 5.69 Å². The van der Waals surface area contributed by atoms with Gasteiger partial charge in [-0.25, -0.2) is 4.68 Å². The van der Waals surface area contributed by atoms with E-state index in [1.54, 1.807) is 6.07 Å². The van der Waals surface area contributed by atoms with Gasteiger partial charge in [-0.2, -0.15) is 13.2 Å². The molecule has 0 radical (unpaired) electrons. The molecule has 8 heteroatoms. The lowest BCUT2D eigenvalue weighted by Crippen LogP contribution is -2.05. The third kappa shape index (κ3) is 2.37. The first-order chi connectivity index (χ1) is 7.89. The molecular formula is C9H4Cl2F3N3. The lowest BCUT2D eigenvalue weighted by molar-refractivity contribution is -0.141. The van der Waals surface area contributed by atoms with Crippen LogP contribution in [0.3, 0.4) is 0 Å². The fraction of sp³-hybridized carbons (Fsp3) is 0.111. The molecule has 1 aromatic carbocycles. The van der Waals surface area contributed by atoms with Crippen LogP contribution in [-0.2, 0) is 6.18 Å². The molecule has 0 aliphatic rings. The highest BCUT2D eigenvalue weighted by Gasteiger charge is 2.34. The molecule has 1 heterocycles. The third-order valence-corrected chi connectivity index (χ3v) is 2.56. The molecule has 2 rings (SSSR count). The van der Waals surface area contributed by atoms with E-state index in [2.05, 4.69) is 10.3 Å². The Kier molecular flexibility index (Phi) is 3.01. The second-order valence-corrected chi connectivity index (χ2v) is 3.93. The third-order valence-electron chi connectivity index (χ3n) is 1.95. The predicted octanol–water partition coefficient (Wildman–Crippen LogP) is 3.59. The number of halogens is 5. The van der Waals surface area contributed by atoms with Gasteiger partial charge in [-0.15, -0.1) is 5.10 Å². The van der Waals surface area contributed by atoms with E-state index < -0.39 is 11.9 Å². The Balaban J connectivity index is 2.51. The van der Waals surface area contributed by atoms with Crippen LogP contribution in [0.5, 0.6) is 0 Å². The maximum absolute atomic E-state index is 12.3. The van der Waals surface area contributed by atoms with Crippen molar-refractivity contribution in [3.8, 4) is 5.69 Å². The second-order valence-electron chi connectivity index (χ2n) is 3.12. The molecule has 0 aliphatic carbocycles. The van der Waals surface area contributed by atoms with E-state index in [1.807, 2.05) is 0 Å². The van der Waals surface area contributed by atoms with Crippen molar-refractivity contribution < 1.29 is 13.2 Å². The van der Waals surface area contributed by atoms with Crippen LogP contribution < -0.4 is 0 Å². The first-order valence-electron chi connectivity index (χ1n) is 4.33. The van der Waals surface area contributed by atoms with Gasteiger partial charge >= 0.3 is 6.18 Å². The molecule has 0 amide bonds. The van der Waals surface area contributed by atoms with Crippen molar-refractivity contribution in [3.63, 3.8) is 0 Å². The van der Waals surface area contributed by atoms with Crippen molar-refractivity contribution >= 4 is 23.2 Å². The van der Waals surface area contributed by atoms with Gasteiger partial charge in [-0.3, -0.25) is 0 Å². The van der Waals surface area contributed by atoms with Crippen LogP contribution in [0.15, 0.2) is 24.4 Å². The van der Waals surface area contributed by atoms with E-state index in [0.717, 1.165) is 10.9 Å². The van der Waals surface area contributed by atoms with Crippen molar-refractivity contribution in [1.29, 1.82) is 0 Å². The van der Waals surface area contributed by atoms with Gasteiger partial charge in [0.25, 0.3) is 0 Å². The maximum atomic E-state index is 12.3. The molecule has 90 valence electrons. The van der Waals surface area contributed by atoms with Gasteiger partial charge < -0.3 is 0 Å². The Morgan fingerprint density at radius 1 is 1.12 bits per heavy atom. The lowest BCUT2D eigenvalue weighted by atomic mass is 10.3. The Hall–Kier alpha value is -1.27. The van der Waals surface area contributed by atoms with Crippen molar-refractivity contribution in [3.05, 3.63) is 40.1 Å². The van der Waals surface area contributed by atoms with Gasteiger partial charge in [0, 0.05) is 0 Å². The molecule has 0 saturated carbocycles. The molecule has 0 aliphatic heterocycles. The fourth-order valence-electron chi connectivity index (χ4n) is 1.21. The number of benzene rings is 1. The van der Waals surface area contributed by atoms with E-state index in [1.165, 1.54) is 12.1 Å². The maximum Gasteiger partial charge on any atom is 0.436 e. The van der Waals surface area contributed by atoms with Gasteiger partial charge in [-0.05, 0) is 12.1 Å². The van der Waals surface area contributed by atoms with Gasteiger partial charge in [0.1, 0.15) is 5.69 Å². The molecule has 2 aromatic rings. The molecule has 0 saturated heterocycles. The minimum absolute atomic E-state index is 0.166. The minimum Gasteiger partial charge on any atom is -0.217 e. The standard InChI is InChI=1S/C9H4Cl2F3N3/c10-5-2-1-3-6(11)8(5)17-4-7(15-16-17)9(12,13)14/h1-4H. The second kappa shape index (κ2) is 4.19. The summed E-state index contributed by atoms with van der Waals surface area (Å²) in [4.78, 5) is 0. The highest BCUT2D eigenvalue weighted by molar-refractivity contribution is 6.37. The molecule has 0 atom stereocenters. The van der Waals surface area contributed by atoms with Gasteiger partial charge in [0.15, 0.2) is 5.69 Å². The molecule has 17 heavy (non-hydrogen) atoms. The first kappa shape index (κ1) is 12.2. The van der Waals surface area contributed by atoms with Crippen LogP contribution in [0.4, 0.5) is 13.2 Å². The summed E-state index contributed by atoms with van der Waals surface area (Å²) < 4.78 is 37.9. The van der Waals surface area contributed by atoms with Crippen molar-refractivity contribution in [2.24, 2.45) is 0 Å². The Morgan fingerprint density at radius 3 is 2.18 bits per heavy atom. The van der Waals surface area contributed by atoms with Crippen molar-refractivity contribution in [1.82, 2.24) is 15.0 Å². The highest BCUT2D eigenvalue weighted by atomic mass is 35.5. The smallest absolute Gasteiger partial charge is 0.217 e. The summed E-state index contributed by atoms with van der Waals surface area (Å²) in [5, 5.41) is 6.75. The Morgan fingerprint density at radius 2 is 1.71 bits per heavy atom. The normalized spacial score (nSPS) is 11.8. The quantitative estimate of drug-likeness (QED) is 0.800. The molecule has 0 spiro atoms. The Bertz CT molecular complexity index is 530. The SMILES string of the molecule is FC(F)(F)c1cn(-c2c(Cl)cccc2Cl)nn1. The van der Waals surface area contributed by atoms with Crippen LogP contribution >= 0.6 is 23.2 Å². The molecule has 3 nitrogen and oxygen atoms in total. The van der Waals surface area contributed by atoms with Crippen LogP contribution in [0, 0.1) is 0 Å². The minimum atomic E-state index is -4.55. The number of aromatic nitrogens is 3. The molecule has 1 aromatic heterocycles. The topological polar surface area (TPSA) is 30.7 Å². The van der Waals surface area contributed by atoms with E-state index in [0.29, 0.717) is 0 Å². The van der Waals surface area contributed by atoms with Crippen LogP contribution in [-0.4, -0.2) is 15.0 Å². The predicted molar refractivity (Wildman–Crippen MR) is 56.4 cm³/mol. The number of alkyl halides is 3. The first-order valence-corrected chi connectivity index (χ1v) is 5.09. The molecule has 0 bridgehead atoms. The van der Waals surface area contributed by atoms with E-state index in [4.69, 9.17) is 23.2 Å². The van der Waals surface area contributed by atoms with Crippen molar-refractivity contribution in [2.45, 2.75) is 6.18 Å². The summed E-state index contributed by atoms with van der Waals surface area (Å²) in [6, 6.07) is 4.57. The van der Waals surface area contributed by atoms with Crippen molar-refractivity contribution in [2.75, 3.05) is 0 Å². The summed E-state index contributed by atoms with van der Waals surface area (Å²) in [6.07, 6.45) is -3.82. The van der Waals surface area contributed by atoms with E-state index in [9.17, 15) is 13.2 Å². The number of hydrogen-bond donors (Lipinski definition) is 0. The summed E-state index contributed by atoms with van der Waals surface area (Å²) in [6.45, 7) is 0.